The van der Waals surface area contributed by atoms with E-state index < -0.39 is 0 Å². The van der Waals surface area contributed by atoms with Crippen molar-refractivity contribution in [3.05, 3.63) is 29.1 Å². The van der Waals surface area contributed by atoms with Crippen molar-refractivity contribution in [1.29, 1.82) is 0 Å². The summed E-state index contributed by atoms with van der Waals surface area (Å²) in [5.41, 5.74) is 2.89. The summed E-state index contributed by atoms with van der Waals surface area (Å²) < 4.78 is 5.57. The molecule has 1 unspecified atom stereocenters. The molecule has 1 aromatic rings. The topological polar surface area (TPSA) is 66.0 Å². The van der Waals surface area contributed by atoms with E-state index in [2.05, 4.69) is 28.6 Å². The van der Waals surface area contributed by atoms with E-state index in [1.54, 1.807) is 6.20 Å². The van der Waals surface area contributed by atoms with Gasteiger partial charge in [-0.2, -0.15) is 0 Å². The zero-order valence-corrected chi connectivity index (χ0v) is 25.6. The van der Waals surface area contributed by atoms with Crippen molar-refractivity contribution in [1.82, 2.24) is 19.7 Å². The van der Waals surface area contributed by atoms with Crippen molar-refractivity contribution in [3.8, 4) is 0 Å². The van der Waals surface area contributed by atoms with E-state index in [-0.39, 0.29) is 16.9 Å². The lowest BCUT2D eigenvalue weighted by Gasteiger charge is -2.56. The van der Waals surface area contributed by atoms with Gasteiger partial charge in [0, 0.05) is 57.5 Å². The molecule has 0 bridgehead atoms. The molecule has 0 aromatic carbocycles. The average Bonchev–Trinajstić information content (AvgIpc) is 2.95. The van der Waals surface area contributed by atoms with E-state index in [0.717, 1.165) is 114 Å². The third kappa shape index (κ3) is 6.11. The summed E-state index contributed by atoms with van der Waals surface area (Å²) in [5.74, 6) is 1.74. The molecule has 7 nitrogen and oxygen atoms in total. The van der Waals surface area contributed by atoms with Gasteiger partial charge >= 0.3 is 0 Å². The van der Waals surface area contributed by atoms with Gasteiger partial charge in [-0.25, -0.2) is 0 Å². The molecular weight excluding hydrogens is 500 g/mol. The Kier molecular flexibility index (Phi) is 9.20. The molecule has 0 N–H and O–H groups in total. The van der Waals surface area contributed by atoms with Crippen LogP contribution in [0.15, 0.2) is 12.3 Å². The van der Waals surface area contributed by atoms with Crippen LogP contribution in [0.3, 0.4) is 0 Å². The number of unbranched alkanes of at least 4 members (excludes halogenated alkanes) is 1. The van der Waals surface area contributed by atoms with Gasteiger partial charge in [-0.05, 0) is 108 Å². The van der Waals surface area contributed by atoms with E-state index in [9.17, 15) is 9.59 Å². The molecule has 2 amide bonds. The van der Waals surface area contributed by atoms with Crippen LogP contribution in [0.1, 0.15) is 99.7 Å². The largest absolute Gasteiger partial charge is 0.381 e. The van der Waals surface area contributed by atoms with E-state index >= 15 is 0 Å². The number of hydrogen-bond acceptors (Lipinski definition) is 5. The minimum atomic E-state index is 0.115. The zero-order chi connectivity index (χ0) is 28.3. The molecule has 4 fully saturated rings. The third-order valence-corrected chi connectivity index (χ3v) is 11.1. The molecule has 222 valence electrons. The summed E-state index contributed by atoms with van der Waals surface area (Å²) in [7, 11) is 0. The van der Waals surface area contributed by atoms with Crippen LogP contribution >= 0.6 is 0 Å². The number of aryl methyl sites for hydroxylation is 2. The van der Waals surface area contributed by atoms with Crippen molar-refractivity contribution in [3.63, 3.8) is 0 Å². The second kappa shape index (κ2) is 12.5. The van der Waals surface area contributed by atoms with Crippen molar-refractivity contribution in [2.75, 3.05) is 52.5 Å². The van der Waals surface area contributed by atoms with Gasteiger partial charge in [0.25, 0.3) is 5.91 Å². The Hall–Kier alpha value is -1.99. The highest BCUT2D eigenvalue weighted by molar-refractivity contribution is 5.96. The van der Waals surface area contributed by atoms with Crippen molar-refractivity contribution in [2.45, 2.75) is 97.4 Å². The number of ether oxygens (including phenoxy) is 1. The molecule has 0 radical (unpaired) electrons. The summed E-state index contributed by atoms with van der Waals surface area (Å²) in [6, 6.07) is 1.94. The molecule has 5 rings (SSSR count). The standard InChI is InChI=1S/C33H52N4O3/c1-5-6-7-28-24-36(23-27-9-20-40-21-10-27)29(38)22-33(28)13-18-37(19-14-33)32(4)11-16-35(17-12-32)31(39)30-25(2)8-15-34-26(30)3/h8,15,27-28H,5-7,9-14,16-24H2,1-4H3. The maximum Gasteiger partial charge on any atom is 0.255 e. The van der Waals surface area contributed by atoms with Crippen LogP contribution in [0.4, 0.5) is 0 Å². The molecule has 4 aliphatic heterocycles. The number of nitrogens with zero attached hydrogens (tertiary/aromatic N) is 4. The number of likely N-dealkylation sites (tertiary alicyclic amines) is 3. The Morgan fingerprint density at radius 3 is 2.42 bits per heavy atom. The highest BCUT2D eigenvalue weighted by Gasteiger charge is 2.50. The Labute approximate surface area is 242 Å². The third-order valence-electron chi connectivity index (χ3n) is 11.1. The van der Waals surface area contributed by atoms with Crippen LogP contribution in [0.2, 0.25) is 0 Å². The van der Waals surface area contributed by atoms with Gasteiger partial charge in [0.15, 0.2) is 0 Å². The lowest BCUT2D eigenvalue weighted by atomic mass is 9.62. The molecule has 7 heteroatoms. The smallest absolute Gasteiger partial charge is 0.255 e. The van der Waals surface area contributed by atoms with E-state index in [1.165, 1.54) is 19.3 Å². The van der Waals surface area contributed by atoms with Gasteiger partial charge in [0.1, 0.15) is 0 Å². The fourth-order valence-electron chi connectivity index (χ4n) is 8.14. The van der Waals surface area contributed by atoms with Crippen molar-refractivity contribution in [2.24, 2.45) is 17.3 Å². The van der Waals surface area contributed by atoms with Crippen molar-refractivity contribution >= 4 is 11.8 Å². The number of piperidine rings is 3. The van der Waals surface area contributed by atoms with Crippen LogP contribution in [0.5, 0.6) is 0 Å². The molecule has 0 saturated carbocycles. The second-order valence-electron chi connectivity index (χ2n) is 13.6. The molecule has 40 heavy (non-hydrogen) atoms. The Bertz CT molecular complexity index is 1020. The van der Waals surface area contributed by atoms with Crippen molar-refractivity contribution < 1.29 is 14.3 Å². The zero-order valence-electron chi connectivity index (χ0n) is 25.6. The first-order chi connectivity index (χ1) is 19.2. The monoisotopic (exact) mass is 552 g/mol. The normalized spacial score (nSPS) is 25.9. The maximum atomic E-state index is 13.5. The SMILES string of the molecule is CCCCC1CN(CC2CCOCC2)C(=O)CC12CCN(C1(C)CCN(C(=O)c3c(C)ccnc3C)CC1)CC2. The van der Waals surface area contributed by atoms with Gasteiger partial charge in [0.2, 0.25) is 5.91 Å². The first-order valence-electron chi connectivity index (χ1n) is 16.1. The molecule has 1 atom stereocenters. The number of pyridine rings is 1. The molecule has 0 aliphatic carbocycles. The van der Waals surface area contributed by atoms with Gasteiger partial charge < -0.3 is 14.5 Å². The van der Waals surface area contributed by atoms with E-state index in [1.807, 2.05) is 24.8 Å². The molecule has 1 spiro atoms. The highest BCUT2D eigenvalue weighted by atomic mass is 16.5. The number of hydrogen-bond donors (Lipinski definition) is 0. The van der Waals surface area contributed by atoms with Gasteiger partial charge in [-0.15, -0.1) is 0 Å². The second-order valence-corrected chi connectivity index (χ2v) is 13.6. The van der Waals surface area contributed by atoms with Gasteiger partial charge in [0.05, 0.1) is 11.3 Å². The number of aromatic nitrogens is 1. The lowest BCUT2D eigenvalue weighted by molar-refractivity contribution is -0.148. The molecule has 5 heterocycles. The minimum absolute atomic E-state index is 0.115. The van der Waals surface area contributed by atoms with Crippen LogP contribution in [0, 0.1) is 31.1 Å². The lowest BCUT2D eigenvalue weighted by Crippen LogP contribution is -2.60. The first-order valence-corrected chi connectivity index (χ1v) is 16.1. The summed E-state index contributed by atoms with van der Waals surface area (Å²) in [4.78, 5) is 38.2. The molecular formula is C33H52N4O3. The quantitative estimate of drug-likeness (QED) is 0.463. The maximum absolute atomic E-state index is 13.5. The Morgan fingerprint density at radius 2 is 1.77 bits per heavy atom. The van der Waals surface area contributed by atoms with Crippen LogP contribution in [-0.2, 0) is 9.53 Å². The predicted octanol–water partition coefficient (Wildman–Crippen LogP) is 5.24. The predicted molar refractivity (Wildman–Crippen MR) is 158 cm³/mol. The number of rotatable bonds is 7. The van der Waals surface area contributed by atoms with Gasteiger partial charge in [-0.3, -0.25) is 19.5 Å². The van der Waals surface area contributed by atoms with Crippen LogP contribution in [0.25, 0.3) is 0 Å². The highest BCUT2D eigenvalue weighted by Crippen LogP contribution is 2.49. The summed E-state index contributed by atoms with van der Waals surface area (Å²) in [5, 5.41) is 0. The fourth-order valence-corrected chi connectivity index (χ4v) is 8.14. The minimum Gasteiger partial charge on any atom is -0.381 e. The number of amides is 2. The fraction of sp³-hybridized carbons (Fsp3) is 0.788. The van der Waals surface area contributed by atoms with Gasteiger partial charge in [-0.1, -0.05) is 19.8 Å². The van der Waals surface area contributed by atoms with E-state index in [4.69, 9.17) is 4.74 Å². The Morgan fingerprint density at radius 1 is 1.07 bits per heavy atom. The van der Waals surface area contributed by atoms with E-state index in [0.29, 0.717) is 17.7 Å². The summed E-state index contributed by atoms with van der Waals surface area (Å²) in [6.07, 6.45) is 12.7. The first kappa shape index (κ1) is 29.5. The average molecular weight is 553 g/mol. The summed E-state index contributed by atoms with van der Waals surface area (Å²) in [6.45, 7) is 15.9. The Balaban J connectivity index is 1.19. The summed E-state index contributed by atoms with van der Waals surface area (Å²) >= 11 is 0. The van der Waals surface area contributed by atoms with Crippen LogP contribution in [-0.4, -0.2) is 89.5 Å². The molecule has 1 aromatic heterocycles. The van der Waals surface area contributed by atoms with Crippen LogP contribution < -0.4 is 0 Å². The number of carbonyl (C=O) groups is 2. The molecule has 4 saturated heterocycles. The number of carbonyl (C=O) groups excluding carboxylic acids is 2. The molecule has 4 aliphatic rings.